The molecule has 4 aromatic rings. The highest BCUT2D eigenvalue weighted by Gasteiger charge is 2.34. The van der Waals surface area contributed by atoms with Gasteiger partial charge in [0.15, 0.2) is 0 Å². The third-order valence-electron chi connectivity index (χ3n) is 7.24. The number of aryl methyl sites for hydroxylation is 1. The maximum Gasteiger partial charge on any atom is 0.339 e. The van der Waals surface area contributed by atoms with Crippen LogP contribution >= 0.6 is 0 Å². The second-order valence-corrected chi connectivity index (χ2v) is 9.49. The van der Waals surface area contributed by atoms with Crippen LogP contribution in [0.3, 0.4) is 0 Å². The van der Waals surface area contributed by atoms with Gasteiger partial charge in [-0.2, -0.15) is 0 Å². The molecule has 3 aromatic heterocycles. The normalized spacial score (nSPS) is 16.3. The van der Waals surface area contributed by atoms with Gasteiger partial charge in [-0.1, -0.05) is 51.5 Å². The van der Waals surface area contributed by atoms with Crippen LogP contribution in [0.4, 0.5) is 0 Å². The van der Waals surface area contributed by atoms with E-state index in [1.54, 1.807) is 0 Å². The Hall–Kier alpha value is -3.21. The Morgan fingerprint density at radius 1 is 1.16 bits per heavy atom. The number of hydrogen-bond acceptors (Lipinski definition) is 4. The summed E-state index contributed by atoms with van der Waals surface area (Å²) in [4.78, 5) is 22.9. The summed E-state index contributed by atoms with van der Waals surface area (Å²) in [5.41, 5.74) is 5.47. The molecule has 0 saturated heterocycles. The molecular formula is C27H29N3O2. The molecule has 1 atom stereocenters. The maximum absolute atomic E-state index is 13.5. The number of carbonyl (C=O) groups is 1. The van der Waals surface area contributed by atoms with Crippen molar-refractivity contribution in [3.63, 3.8) is 0 Å². The SMILES string of the molecule is CCC(C)(C)[C@@H]1CCc2nc3ccccc3c(C(=O)OCc3cn4ccccc4n3)c2C1. The fourth-order valence-electron chi connectivity index (χ4n) is 4.85. The van der Waals surface area contributed by atoms with E-state index in [1.807, 2.05) is 59.3 Å². The molecule has 0 radical (unpaired) electrons. The van der Waals surface area contributed by atoms with E-state index in [2.05, 4.69) is 25.8 Å². The summed E-state index contributed by atoms with van der Waals surface area (Å²) in [6.45, 7) is 7.06. The maximum atomic E-state index is 13.5. The molecule has 0 fully saturated rings. The number of hydrogen-bond donors (Lipinski definition) is 0. The van der Waals surface area contributed by atoms with E-state index >= 15 is 0 Å². The molecule has 5 nitrogen and oxygen atoms in total. The van der Waals surface area contributed by atoms with Crippen molar-refractivity contribution in [2.45, 2.75) is 53.1 Å². The number of nitrogens with zero attached hydrogens (tertiary/aromatic N) is 3. The number of pyridine rings is 2. The molecule has 0 spiro atoms. The van der Waals surface area contributed by atoms with Gasteiger partial charge in [-0.25, -0.2) is 9.78 Å². The van der Waals surface area contributed by atoms with Gasteiger partial charge in [-0.15, -0.1) is 0 Å². The molecule has 32 heavy (non-hydrogen) atoms. The van der Waals surface area contributed by atoms with Gasteiger partial charge in [0.2, 0.25) is 0 Å². The molecule has 3 heterocycles. The Morgan fingerprint density at radius 3 is 2.78 bits per heavy atom. The van der Waals surface area contributed by atoms with Crippen LogP contribution in [0.15, 0.2) is 54.9 Å². The molecule has 1 aromatic carbocycles. The third-order valence-corrected chi connectivity index (χ3v) is 7.24. The highest BCUT2D eigenvalue weighted by Crippen LogP contribution is 2.41. The summed E-state index contributed by atoms with van der Waals surface area (Å²) in [6, 6.07) is 13.7. The molecule has 0 unspecified atom stereocenters. The summed E-state index contributed by atoms with van der Waals surface area (Å²) in [5, 5.41) is 0.876. The number of carbonyl (C=O) groups excluding carboxylic acids is 1. The van der Waals surface area contributed by atoms with Crippen molar-refractivity contribution in [1.82, 2.24) is 14.4 Å². The quantitative estimate of drug-likeness (QED) is 0.379. The molecule has 5 rings (SSSR count). The average molecular weight is 428 g/mol. The fourth-order valence-corrected chi connectivity index (χ4v) is 4.85. The molecule has 164 valence electrons. The monoisotopic (exact) mass is 427 g/mol. The van der Waals surface area contributed by atoms with E-state index in [1.165, 1.54) is 0 Å². The van der Waals surface area contributed by atoms with Crippen LogP contribution in [-0.4, -0.2) is 20.3 Å². The Labute approximate surface area is 188 Å². The zero-order chi connectivity index (χ0) is 22.3. The molecule has 0 bridgehead atoms. The number of imidazole rings is 1. The van der Waals surface area contributed by atoms with Crippen molar-refractivity contribution in [2.24, 2.45) is 11.3 Å². The summed E-state index contributed by atoms with van der Waals surface area (Å²) in [7, 11) is 0. The second kappa shape index (κ2) is 8.05. The van der Waals surface area contributed by atoms with Gasteiger partial charge in [0.25, 0.3) is 0 Å². The minimum Gasteiger partial charge on any atom is -0.455 e. The van der Waals surface area contributed by atoms with E-state index in [0.717, 1.165) is 59.2 Å². The van der Waals surface area contributed by atoms with Gasteiger partial charge < -0.3 is 9.14 Å². The minimum absolute atomic E-state index is 0.149. The first-order valence-corrected chi connectivity index (χ1v) is 11.5. The lowest BCUT2D eigenvalue weighted by atomic mass is 9.68. The van der Waals surface area contributed by atoms with Crippen molar-refractivity contribution < 1.29 is 9.53 Å². The molecular weight excluding hydrogens is 398 g/mol. The first-order chi connectivity index (χ1) is 15.5. The number of esters is 1. The van der Waals surface area contributed by atoms with Crippen LogP contribution < -0.4 is 0 Å². The predicted molar refractivity (Wildman–Crippen MR) is 126 cm³/mol. The largest absolute Gasteiger partial charge is 0.455 e. The Bertz CT molecular complexity index is 1270. The molecule has 0 saturated carbocycles. The predicted octanol–water partition coefficient (Wildman–Crippen LogP) is 5.78. The second-order valence-electron chi connectivity index (χ2n) is 9.49. The lowest BCUT2D eigenvalue weighted by Gasteiger charge is -2.37. The van der Waals surface area contributed by atoms with Gasteiger partial charge in [-0.05, 0) is 54.4 Å². The zero-order valence-electron chi connectivity index (χ0n) is 19.0. The van der Waals surface area contributed by atoms with Crippen LogP contribution in [0.25, 0.3) is 16.6 Å². The highest BCUT2D eigenvalue weighted by molar-refractivity contribution is 6.05. The van der Waals surface area contributed by atoms with Crippen molar-refractivity contribution in [3.05, 3.63) is 77.4 Å². The van der Waals surface area contributed by atoms with Crippen LogP contribution in [-0.2, 0) is 24.2 Å². The Morgan fingerprint density at radius 2 is 1.97 bits per heavy atom. The molecule has 1 aliphatic carbocycles. The fraction of sp³-hybridized carbons (Fsp3) is 0.370. The number of fused-ring (bicyclic) bond motifs is 3. The van der Waals surface area contributed by atoms with E-state index in [0.29, 0.717) is 11.5 Å². The topological polar surface area (TPSA) is 56.5 Å². The standard InChI is InChI=1S/C27H29N3O2/c1-4-27(2,3)18-12-13-23-21(15-18)25(20-9-5-6-10-22(20)29-23)26(31)32-17-19-16-30-14-8-7-11-24(30)28-19/h5-11,14,16,18H,4,12-13,15,17H2,1-3H3/t18-/m1/s1. The number of benzene rings is 1. The van der Waals surface area contributed by atoms with Crippen molar-refractivity contribution >= 4 is 22.5 Å². The minimum atomic E-state index is -0.285. The zero-order valence-corrected chi connectivity index (χ0v) is 19.0. The first-order valence-electron chi connectivity index (χ1n) is 11.5. The van der Waals surface area contributed by atoms with Gasteiger partial charge in [-0.3, -0.25) is 4.98 Å². The number of ether oxygens (including phenoxy) is 1. The van der Waals surface area contributed by atoms with Crippen LogP contribution in [0.2, 0.25) is 0 Å². The van der Waals surface area contributed by atoms with Gasteiger partial charge in [0.05, 0.1) is 16.8 Å². The van der Waals surface area contributed by atoms with Crippen molar-refractivity contribution in [3.8, 4) is 0 Å². The third kappa shape index (κ3) is 3.66. The van der Waals surface area contributed by atoms with Crippen LogP contribution in [0.1, 0.15) is 60.9 Å². The van der Waals surface area contributed by atoms with Gasteiger partial charge in [0, 0.05) is 23.5 Å². The molecule has 0 aliphatic heterocycles. The summed E-state index contributed by atoms with van der Waals surface area (Å²) in [6.07, 6.45) is 7.84. The average Bonchev–Trinajstić information content (AvgIpc) is 3.23. The summed E-state index contributed by atoms with van der Waals surface area (Å²) >= 11 is 0. The molecule has 1 aliphatic rings. The summed E-state index contributed by atoms with van der Waals surface area (Å²) < 4.78 is 7.76. The molecule has 5 heteroatoms. The molecule has 0 N–H and O–H groups in total. The highest BCUT2D eigenvalue weighted by atomic mass is 16.5. The smallest absolute Gasteiger partial charge is 0.339 e. The molecule has 0 amide bonds. The lowest BCUT2D eigenvalue weighted by molar-refractivity contribution is 0.0467. The Balaban J connectivity index is 1.50. The lowest BCUT2D eigenvalue weighted by Crippen LogP contribution is -2.30. The first kappa shape index (κ1) is 20.7. The van der Waals surface area contributed by atoms with E-state index in [-0.39, 0.29) is 18.0 Å². The number of aromatic nitrogens is 3. The van der Waals surface area contributed by atoms with Crippen LogP contribution in [0, 0.1) is 11.3 Å². The van der Waals surface area contributed by atoms with Gasteiger partial charge in [0.1, 0.15) is 12.3 Å². The van der Waals surface area contributed by atoms with Gasteiger partial charge >= 0.3 is 5.97 Å². The van der Waals surface area contributed by atoms with E-state index in [9.17, 15) is 4.79 Å². The summed E-state index contributed by atoms with van der Waals surface area (Å²) in [5.74, 6) is 0.236. The number of para-hydroxylation sites is 1. The van der Waals surface area contributed by atoms with E-state index < -0.39 is 0 Å². The number of rotatable bonds is 5. The van der Waals surface area contributed by atoms with Crippen molar-refractivity contribution in [1.29, 1.82) is 0 Å². The van der Waals surface area contributed by atoms with E-state index in [4.69, 9.17) is 9.72 Å². The van der Waals surface area contributed by atoms with Crippen molar-refractivity contribution in [2.75, 3.05) is 0 Å². The van der Waals surface area contributed by atoms with Crippen LogP contribution in [0.5, 0.6) is 0 Å². The Kier molecular flexibility index (Phi) is 5.20.